The van der Waals surface area contributed by atoms with Crippen molar-refractivity contribution in [3.63, 3.8) is 0 Å². The number of nitrogens with zero attached hydrogens (tertiary/aromatic N) is 2. The van der Waals surface area contributed by atoms with Crippen molar-refractivity contribution >= 4 is 5.91 Å². The first-order chi connectivity index (χ1) is 8.14. The number of aromatic nitrogens is 1. The van der Waals surface area contributed by atoms with Gasteiger partial charge < -0.3 is 10.6 Å². The van der Waals surface area contributed by atoms with Gasteiger partial charge in [0.15, 0.2) is 0 Å². The predicted molar refractivity (Wildman–Crippen MR) is 66.5 cm³/mol. The van der Waals surface area contributed by atoms with Crippen LogP contribution in [0.2, 0.25) is 0 Å². The van der Waals surface area contributed by atoms with Crippen LogP contribution in [0.3, 0.4) is 0 Å². The Kier molecular flexibility index (Phi) is 3.43. The van der Waals surface area contributed by atoms with Gasteiger partial charge in [-0.15, -0.1) is 0 Å². The van der Waals surface area contributed by atoms with Gasteiger partial charge in [-0.25, -0.2) is 0 Å². The Morgan fingerprint density at radius 1 is 1.53 bits per heavy atom. The van der Waals surface area contributed by atoms with Gasteiger partial charge in [0, 0.05) is 25.5 Å². The molecule has 0 spiro atoms. The minimum atomic E-state index is 0.0807. The largest absolute Gasteiger partial charge is 0.339 e. The van der Waals surface area contributed by atoms with Crippen LogP contribution < -0.4 is 5.73 Å². The second-order valence-electron chi connectivity index (χ2n) is 5.05. The molecule has 1 amide bonds. The zero-order chi connectivity index (χ0) is 12.3. The number of hydrogen-bond donors (Lipinski definition) is 1. The second kappa shape index (κ2) is 4.84. The highest BCUT2D eigenvalue weighted by Gasteiger charge is 2.30. The Balaban J connectivity index is 2.00. The highest BCUT2D eigenvalue weighted by atomic mass is 16.2. The first-order valence-electron chi connectivity index (χ1n) is 6.04. The van der Waals surface area contributed by atoms with E-state index < -0.39 is 0 Å². The van der Waals surface area contributed by atoms with E-state index in [1.165, 1.54) is 0 Å². The number of likely N-dealkylation sites (tertiary alicyclic amines) is 1. The van der Waals surface area contributed by atoms with Crippen molar-refractivity contribution < 1.29 is 4.79 Å². The minimum absolute atomic E-state index is 0.0807. The van der Waals surface area contributed by atoms with E-state index in [2.05, 4.69) is 11.9 Å². The zero-order valence-corrected chi connectivity index (χ0v) is 10.2. The number of amides is 1. The Morgan fingerprint density at radius 3 is 2.76 bits per heavy atom. The molecule has 1 fully saturated rings. The molecule has 4 nitrogen and oxygen atoms in total. The van der Waals surface area contributed by atoms with Crippen LogP contribution in [0.25, 0.3) is 0 Å². The van der Waals surface area contributed by atoms with Gasteiger partial charge in [0.25, 0.3) is 5.91 Å². The van der Waals surface area contributed by atoms with Gasteiger partial charge in [-0.1, -0.05) is 6.92 Å². The van der Waals surface area contributed by atoms with E-state index in [9.17, 15) is 4.79 Å². The Hall–Kier alpha value is -1.42. The van der Waals surface area contributed by atoms with Crippen molar-refractivity contribution in [3.8, 4) is 0 Å². The fraction of sp³-hybridized carbons (Fsp3) is 0.538. The number of pyridine rings is 1. The lowest BCUT2D eigenvalue weighted by Crippen LogP contribution is -2.44. The lowest BCUT2D eigenvalue weighted by molar-refractivity contribution is 0.0617. The summed E-state index contributed by atoms with van der Waals surface area (Å²) in [6, 6.07) is 3.60. The predicted octanol–water partition coefficient (Wildman–Crippen LogP) is 1.28. The van der Waals surface area contributed by atoms with Crippen molar-refractivity contribution in [2.24, 2.45) is 11.1 Å². The van der Waals surface area contributed by atoms with Gasteiger partial charge in [0.05, 0.1) is 5.56 Å². The Bertz CT molecular complexity index is 383. The van der Waals surface area contributed by atoms with Gasteiger partial charge in [-0.05, 0) is 36.9 Å². The SMILES string of the molecule is CC1(CN)CCN(C(=O)c2cccnc2)CC1. The average molecular weight is 233 g/mol. The summed E-state index contributed by atoms with van der Waals surface area (Å²) in [6.45, 7) is 4.48. The average Bonchev–Trinajstić information content (AvgIpc) is 2.40. The van der Waals surface area contributed by atoms with E-state index in [-0.39, 0.29) is 11.3 Å². The fourth-order valence-electron chi connectivity index (χ4n) is 2.13. The van der Waals surface area contributed by atoms with Crippen LogP contribution in [0, 0.1) is 5.41 Å². The summed E-state index contributed by atoms with van der Waals surface area (Å²) in [4.78, 5) is 18.0. The van der Waals surface area contributed by atoms with Gasteiger partial charge >= 0.3 is 0 Å². The molecule has 0 unspecified atom stereocenters. The van der Waals surface area contributed by atoms with Crippen LogP contribution in [0.15, 0.2) is 24.5 Å². The molecule has 17 heavy (non-hydrogen) atoms. The molecule has 92 valence electrons. The lowest BCUT2D eigenvalue weighted by atomic mass is 9.80. The van der Waals surface area contributed by atoms with Crippen LogP contribution in [0.5, 0.6) is 0 Å². The topological polar surface area (TPSA) is 59.2 Å². The molecule has 0 radical (unpaired) electrons. The van der Waals surface area contributed by atoms with Gasteiger partial charge in [0.2, 0.25) is 0 Å². The number of rotatable bonds is 2. The van der Waals surface area contributed by atoms with E-state index in [0.29, 0.717) is 12.1 Å². The Morgan fingerprint density at radius 2 is 2.24 bits per heavy atom. The van der Waals surface area contributed by atoms with Gasteiger partial charge in [0.1, 0.15) is 0 Å². The maximum absolute atomic E-state index is 12.2. The number of carbonyl (C=O) groups is 1. The van der Waals surface area contributed by atoms with Crippen molar-refractivity contribution in [2.45, 2.75) is 19.8 Å². The summed E-state index contributed by atoms with van der Waals surface area (Å²) >= 11 is 0. The molecule has 1 aliphatic heterocycles. The van der Waals surface area contributed by atoms with E-state index in [1.54, 1.807) is 18.5 Å². The molecular weight excluding hydrogens is 214 g/mol. The Labute approximate surface area is 102 Å². The first kappa shape index (κ1) is 12.0. The highest BCUT2D eigenvalue weighted by molar-refractivity contribution is 5.93. The molecule has 2 rings (SSSR count). The summed E-state index contributed by atoms with van der Waals surface area (Å²) in [6.07, 6.45) is 5.27. The molecule has 0 aliphatic carbocycles. The molecule has 1 aliphatic rings. The first-order valence-corrected chi connectivity index (χ1v) is 6.04. The maximum atomic E-state index is 12.2. The van der Waals surface area contributed by atoms with Crippen molar-refractivity contribution in [1.29, 1.82) is 0 Å². The molecule has 2 heterocycles. The van der Waals surface area contributed by atoms with Crippen molar-refractivity contribution in [1.82, 2.24) is 9.88 Å². The molecule has 0 bridgehead atoms. The third-order valence-electron chi connectivity index (χ3n) is 3.66. The highest BCUT2D eigenvalue weighted by Crippen LogP contribution is 2.29. The number of nitrogens with two attached hydrogens (primary N) is 1. The summed E-state index contributed by atoms with van der Waals surface area (Å²) in [5, 5.41) is 0. The summed E-state index contributed by atoms with van der Waals surface area (Å²) in [5.41, 5.74) is 6.63. The molecule has 4 heteroatoms. The molecule has 1 saturated heterocycles. The monoisotopic (exact) mass is 233 g/mol. The van der Waals surface area contributed by atoms with Crippen LogP contribution in [0.4, 0.5) is 0 Å². The number of carbonyl (C=O) groups excluding carboxylic acids is 1. The molecule has 2 N–H and O–H groups in total. The van der Waals surface area contributed by atoms with E-state index in [4.69, 9.17) is 5.73 Å². The van der Waals surface area contributed by atoms with Crippen molar-refractivity contribution in [2.75, 3.05) is 19.6 Å². The standard InChI is InChI=1S/C13H19N3O/c1-13(10-14)4-7-16(8-5-13)12(17)11-3-2-6-15-9-11/h2-3,6,9H,4-5,7-8,10,14H2,1H3. The summed E-state index contributed by atoms with van der Waals surface area (Å²) in [5.74, 6) is 0.0807. The summed E-state index contributed by atoms with van der Waals surface area (Å²) < 4.78 is 0. The number of hydrogen-bond acceptors (Lipinski definition) is 3. The fourth-order valence-corrected chi connectivity index (χ4v) is 2.13. The smallest absolute Gasteiger partial charge is 0.255 e. The van der Waals surface area contributed by atoms with Crippen LogP contribution >= 0.6 is 0 Å². The quantitative estimate of drug-likeness (QED) is 0.837. The zero-order valence-electron chi connectivity index (χ0n) is 10.2. The second-order valence-corrected chi connectivity index (χ2v) is 5.05. The molecule has 1 aromatic heterocycles. The van der Waals surface area contributed by atoms with Gasteiger partial charge in [-0.2, -0.15) is 0 Å². The van der Waals surface area contributed by atoms with Gasteiger partial charge in [-0.3, -0.25) is 9.78 Å². The van der Waals surface area contributed by atoms with E-state index in [0.717, 1.165) is 25.9 Å². The van der Waals surface area contributed by atoms with Crippen molar-refractivity contribution in [3.05, 3.63) is 30.1 Å². The third-order valence-corrected chi connectivity index (χ3v) is 3.66. The maximum Gasteiger partial charge on any atom is 0.255 e. The van der Waals surface area contributed by atoms with Crippen LogP contribution in [0.1, 0.15) is 30.1 Å². The van der Waals surface area contributed by atoms with E-state index in [1.807, 2.05) is 11.0 Å². The molecule has 0 saturated carbocycles. The van der Waals surface area contributed by atoms with E-state index >= 15 is 0 Å². The third kappa shape index (κ3) is 2.64. The molecule has 0 atom stereocenters. The summed E-state index contributed by atoms with van der Waals surface area (Å²) in [7, 11) is 0. The molecule has 0 aromatic carbocycles. The van der Waals surface area contributed by atoms with Crippen LogP contribution in [-0.4, -0.2) is 35.4 Å². The van der Waals surface area contributed by atoms with Crippen LogP contribution in [-0.2, 0) is 0 Å². The molecular formula is C13H19N3O. The minimum Gasteiger partial charge on any atom is -0.339 e. The number of piperidine rings is 1. The molecule has 1 aromatic rings. The normalized spacial score (nSPS) is 19.1. The lowest BCUT2D eigenvalue weighted by Gasteiger charge is -2.38.